The molecule has 0 aromatic carbocycles. The minimum absolute atomic E-state index is 0.287. The van der Waals surface area contributed by atoms with Gasteiger partial charge in [-0.3, -0.25) is 9.58 Å². The monoisotopic (exact) mass is 278 g/mol. The molecule has 0 bridgehead atoms. The first-order valence-electron chi connectivity index (χ1n) is 7.93. The van der Waals surface area contributed by atoms with Gasteiger partial charge >= 0.3 is 0 Å². The highest BCUT2D eigenvalue weighted by atomic mass is 16.5. The Morgan fingerprint density at radius 1 is 1.50 bits per heavy atom. The zero-order valence-corrected chi connectivity index (χ0v) is 12.4. The first-order valence-corrected chi connectivity index (χ1v) is 7.93. The van der Waals surface area contributed by atoms with Crippen molar-refractivity contribution in [3.8, 4) is 0 Å². The highest BCUT2D eigenvalue weighted by molar-refractivity contribution is 5.13. The largest absolute Gasteiger partial charge is 0.375 e. The normalized spacial score (nSPS) is 28.5. The summed E-state index contributed by atoms with van der Waals surface area (Å²) < 4.78 is 7.94. The molecule has 1 aliphatic heterocycles. The van der Waals surface area contributed by atoms with Crippen LogP contribution in [-0.2, 0) is 11.3 Å². The van der Waals surface area contributed by atoms with Gasteiger partial charge in [-0.2, -0.15) is 5.10 Å². The summed E-state index contributed by atoms with van der Waals surface area (Å²) in [6, 6.07) is 0.835. The van der Waals surface area contributed by atoms with Gasteiger partial charge in [0.25, 0.3) is 0 Å². The van der Waals surface area contributed by atoms with E-state index in [9.17, 15) is 0 Å². The van der Waals surface area contributed by atoms with Crippen LogP contribution in [0.2, 0.25) is 0 Å². The van der Waals surface area contributed by atoms with Crippen molar-refractivity contribution < 1.29 is 4.74 Å². The predicted molar refractivity (Wildman–Crippen MR) is 78.4 cm³/mol. The maximum atomic E-state index is 6.08. The molecule has 5 nitrogen and oxygen atoms in total. The molecule has 0 amide bonds. The molecule has 2 N–H and O–H groups in total. The Hall–Kier alpha value is -0.910. The highest BCUT2D eigenvalue weighted by Crippen LogP contribution is 2.34. The van der Waals surface area contributed by atoms with Gasteiger partial charge in [-0.05, 0) is 25.7 Å². The van der Waals surface area contributed by atoms with Crippen LogP contribution < -0.4 is 5.73 Å². The first kappa shape index (κ1) is 14.0. The number of morpholine rings is 1. The Labute approximate surface area is 121 Å². The second-order valence-electron chi connectivity index (χ2n) is 5.93. The standard InChI is InChI=1S/C15H26N4O/c1-2-6-18-11-12(10-17-18)14(9-16)19-7-8-20-15-5-3-4-13(15)19/h10-11,13-15H,2-9,16H2,1H3. The summed E-state index contributed by atoms with van der Waals surface area (Å²) in [7, 11) is 0. The second kappa shape index (κ2) is 6.24. The van der Waals surface area contributed by atoms with Gasteiger partial charge in [0.15, 0.2) is 0 Å². The molecule has 3 atom stereocenters. The van der Waals surface area contributed by atoms with Gasteiger partial charge in [0.2, 0.25) is 0 Å². The van der Waals surface area contributed by atoms with Gasteiger partial charge < -0.3 is 10.5 Å². The van der Waals surface area contributed by atoms with Gasteiger partial charge in [0.1, 0.15) is 0 Å². The Bertz CT molecular complexity index is 433. The Morgan fingerprint density at radius 3 is 3.20 bits per heavy atom. The van der Waals surface area contributed by atoms with Crippen molar-refractivity contribution in [1.29, 1.82) is 0 Å². The Balaban J connectivity index is 1.77. The van der Waals surface area contributed by atoms with Crippen molar-refractivity contribution in [3.63, 3.8) is 0 Å². The third kappa shape index (κ3) is 2.62. The molecule has 1 aromatic rings. The number of hydrogen-bond acceptors (Lipinski definition) is 4. The molecule has 2 aliphatic rings. The minimum atomic E-state index is 0.287. The SMILES string of the molecule is CCCn1cc(C(CN)N2CCOC3CCCC32)cn1. The molecule has 2 heterocycles. The van der Waals surface area contributed by atoms with Crippen LogP contribution in [0, 0.1) is 0 Å². The van der Waals surface area contributed by atoms with E-state index in [4.69, 9.17) is 10.5 Å². The van der Waals surface area contributed by atoms with E-state index in [1.54, 1.807) is 0 Å². The zero-order chi connectivity index (χ0) is 13.9. The Kier molecular flexibility index (Phi) is 4.38. The average Bonchev–Trinajstić information content (AvgIpc) is 3.09. The maximum Gasteiger partial charge on any atom is 0.0731 e. The number of nitrogens with two attached hydrogens (primary N) is 1. The number of aromatic nitrogens is 2. The van der Waals surface area contributed by atoms with E-state index in [1.807, 2.05) is 10.9 Å². The molecule has 0 spiro atoms. The fourth-order valence-electron chi connectivity index (χ4n) is 3.71. The van der Waals surface area contributed by atoms with Crippen molar-refractivity contribution >= 4 is 0 Å². The smallest absolute Gasteiger partial charge is 0.0731 e. The van der Waals surface area contributed by atoms with Crippen molar-refractivity contribution in [2.75, 3.05) is 19.7 Å². The van der Waals surface area contributed by atoms with Crippen LogP contribution in [0.15, 0.2) is 12.4 Å². The van der Waals surface area contributed by atoms with Crippen LogP contribution in [0.4, 0.5) is 0 Å². The van der Waals surface area contributed by atoms with Gasteiger partial charge in [-0.15, -0.1) is 0 Å². The van der Waals surface area contributed by atoms with Crippen molar-refractivity contribution in [1.82, 2.24) is 14.7 Å². The lowest BCUT2D eigenvalue weighted by atomic mass is 10.0. The molecule has 3 unspecified atom stereocenters. The number of nitrogens with zero attached hydrogens (tertiary/aromatic N) is 3. The molecule has 1 saturated carbocycles. The predicted octanol–water partition coefficient (Wildman–Crippen LogP) is 1.55. The van der Waals surface area contributed by atoms with Crippen LogP contribution in [-0.4, -0.2) is 46.5 Å². The number of hydrogen-bond donors (Lipinski definition) is 1. The van der Waals surface area contributed by atoms with Gasteiger partial charge in [0, 0.05) is 37.4 Å². The van der Waals surface area contributed by atoms with E-state index in [1.165, 1.54) is 24.8 Å². The average molecular weight is 278 g/mol. The number of ether oxygens (including phenoxy) is 1. The second-order valence-corrected chi connectivity index (χ2v) is 5.93. The zero-order valence-electron chi connectivity index (χ0n) is 12.4. The summed E-state index contributed by atoms with van der Waals surface area (Å²) >= 11 is 0. The molecule has 112 valence electrons. The van der Waals surface area contributed by atoms with Gasteiger partial charge in [-0.25, -0.2) is 0 Å². The molecular weight excluding hydrogens is 252 g/mol. The van der Waals surface area contributed by atoms with E-state index in [2.05, 4.69) is 23.1 Å². The maximum absolute atomic E-state index is 6.08. The van der Waals surface area contributed by atoms with Crippen LogP contribution in [0.5, 0.6) is 0 Å². The van der Waals surface area contributed by atoms with E-state index in [0.29, 0.717) is 18.7 Å². The van der Waals surface area contributed by atoms with Crippen molar-refractivity contribution in [2.45, 2.75) is 57.3 Å². The number of rotatable bonds is 5. The lowest BCUT2D eigenvalue weighted by Crippen LogP contribution is -2.51. The molecular formula is C15H26N4O. The third-order valence-corrected chi connectivity index (χ3v) is 4.64. The molecule has 1 aliphatic carbocycles. The van der Waals surface area contributed by atoms with Crippen molar-refractivity contribution in [2.24, 2.45) is 5.73 Å². The summed E-state index contributed by atoms with van der Waals surface area (Å²) in [6.45, 7) is 5.63. The first-order chi connectivity index (χ1) is 9.83. The molecule has 0 radical (unpaired) electrons. The molecule has 20 heavy (non-hydrogen) atoms. The summed E-state index contributed by atoms with van der Waals surface area (Å²) in [5.41, 5.74) is 7.34. The summed E-state index contributed by atoms with van der Waals surface area (Å²) in [6.07, 6.45) is 9.41. The molecule has 1 saturated heterocycles. The van der Waals surface area contributed by atoms with Crippen molar-refractivity contribution in [3.05, 3.63) is 18.0 Å². The van der Waals surface area contributed by atoms with Crippen LogP contribution in [0.3, 0.4) is 0 Å². The molecule has 1 aromatic heterocycles. The van der Waals surface area contributed by atoms with E-state index in [-0.39, 0.29) is 6.04 Å². The third-order valence-electron chi connectivity index (χ3n) is 4.64. The summed E-state index contributed by atoms with van der Waals surface area (Å²) in [5.74, 6) is 0. The van der Waals surface area contributed by atoms with Gasteiger partial charge in [0.05, 0.1) is 24.9 Å². The topological polar surface area (TPSA) is 56.3 Å². The summed E-state index contributed by atoms with van der Waals surface area (Å²) in [5, 5.41) is 4.46. The highest BCUT2D eigenvalue weighted by Gasteiger charge is 2.39. The van der Waals surface area contributed by atoms with Crippen LogP contribution >= 0.6 is 0 Å². The molecule has 5 heteroatoms. The van der Waals surface area contributed by atoms with Crippen LogP contribution in [0.25, 0.3) is 0 Å². The molecule has 3 rings (SSSR count). The van der Waals surface area contributed by atoms with E-state index in [0.717, 1.165) is 26.1 Å². The minimum Gasteiger partial charge on any atom is -0.375 e. The fraction of sp³-hybridized carbons (Fsp3) is 0.800. The fourth-order valence-corrected chi connectivity index (χ4v) is 3.71. The lowest BCUT2D eigenvalue weighted by Gasteiger charge is -2.42. The van der Waals surface area contributed by atoms with Crippen LogP contribution in [0.1, 0.15) is 44.2 Å². The number of fused-ring (bicyclic) bond motifs is 1. The Morgan fingerprint density at radius 2 is 2.40 bits per heavy atom. The van der Waals surface area contributed by atoms with Gasteiger partial charge in [-0.1, -0.05) is 6.92 Å². The molecule has 2 fully saturated rings. The summed E-state index contributed by atoms with van der Waals surface area (Å²) in [4.78, 5) is 2.56. The van der Waals surface area contributed by atoms with E-state index >= 15 is 0 Å². The number of aryl methyl sites for hydroxylation is 1. The lowest BCUT2D eigenvalue weighted by molar-refractivity contribution is -0.0711. The van der Waals surface area contributed by atoms with E-state index < -0.39 is 0 Å². The quantitative estimate of drug-likeness (QED) is 0.888.